The lowest BCUT2D eigenvalue weighted by molar-refractivity contribution is -0.132. The van der Waals surface area contributed by atoms with E-state index >= 15 is 0 Å². The van der Waals surface area contributed by atoms with Crippen molar-refractivity contribution in [3.63, 3.8) is 0 Å². The van der Waals surface area contributed by atoms with E-state index in [1.807, 2.05) is 23.1 Å². The number of nitrogens with two attached hydrogens (primary N) is 1. The zero-order chi connectivity index (χ0) is 18.8. The van der Waals surface area contributed by atoms with Gasteiger partial charge in [0.2, 0.25) is 5.91 Å². The molecule has 0 unspecified atom stereocenters. The molecule has 1 aromatic heterocycles. The van der Waals surface area contributed by atoms with E-state index in [1.165, 1.54) is 4.68 Å². The minimum atomic E-state index is -0.0103. The van der Waals surface area contributed by atoms with E-state index in [-0.39, 0.29) is 12.5 Å². The summed E-state index contributed by atoms with van der Waals surface area (Å²) in [6, 6.07) is 6.01. The molecule has 2 N–H and O–H groups in total. The minimum Gasteiger partial charge on any atom is -0.495 e. The third-order valence-corrected chi connectivity index (χ3v) is 5.63. The Bertz CT molecular complexity index is 818. The lowest BCUT2D eigenvalue weighted by Crippen LogP contribution is -2.49. The molecule has 3 rings (SSSR count). The van der Waals surface area contributed by atoms with Gasteiger partial charge in [0.15, 0.2) is 0 Å². The maximum Gasteiger partial charge on any atom is 0.244 e. The Balaban J connectivity index is 1.61. The summed E-state index contributed by atoms with van der Waals surface area (Å²) in [4.78, 5) is 16.6. The highest BCUT2D eigenvalue weighted by molar-refractivity contribution is 9.10. The molecule has 1 amide bonds. The predicted octanol–water partition coefficient (Wildman–Crippen LogP) is 2.55. The molecule has 0 aliphatic carbocycles. The Labute approximate surface area is 165 Å². The molecule has 0 bridgehead atoms. The molecule has 0 saturated carbocycles. The van der Waals surface area contributed by atoms with Gasteiger partial charge in [-0.1, -0.05) is 11.6 Å². The molecule has 1 aliphatic heterocycles. The molecule has 1 saturated heterocycles. The fourth-order valence-electron chi connectivity index (χ4n) is 2.99. The Kier molecular flexibility index (Phi) is 5.62. The number of rotatable bonds is 4. The summed E-state index contributed by atoms with van der Waals surface area (Å²) >= 11 is 9.50. The quantitative estimate of drug-likeness (QED) is 0.787. The summed E-state index contributed by atoms with van der Waals surface area (Å²) < 4.78 is 7.74. The summed E-state index contributed by atoms with van der Waals surface area (Å²) in [6.07, 6.45) is 0. The molecule has 2 aromatic rings. The van der Waals surface area contributed by atoms with Crippen molar-refractivity contribution in [2.45, 2.75) is 13.5 Å². The van der Waals surface area contributed by atoms with Crippen LogP contribution in [0.4, 0.5) is 11.5 Å². The van der Waals surface area contributed by atoms with E-state index in [0.717, 1.165) is 29.0 Å². The SMILES string of the molecule is COc1cc(N2CCN(C(=O)Cn3nc(C)c(Cl)c3N)CC2)ccc1Br. The van der Waals surface area contributed by atoms with Crippen LogP contribution in [0.5, 0.6) is 5.75 Å². The van der Waals surface area contributed by atoms with E-state index < -0.39 is 0 Å². The molecule has 1 fully saturated rings. The molecule has 7 nitrogen and oxygen atoms in total. The number of ether oxygens (including phenoxy) is 1. The van der Waals surface area contributed by atoms with Gasteiger partial charge in [-0.05, 0) is 35.0 Å². The zero-order valence-electron chi connectivity index (χ0n) is 14.7. The lowest BCUT2D eigenvalue weighted by Gasteiger charge is -2.36. The van der Waals surface area contributed by atoms with Crippen LogP contribution in [-0.4, -0.2) is 53.9 Å². The molecule has 140 valence electrons. The van der Waals surface area contributed by atoms with Crippen LogP contribution < -0.4 is 15.4 Å². The summed E-state index contributed by atoms with van der Waals surface area (Å²) in [5.41, 5.74) is 7.60. The molecule has 0 spiro atoms. The van der Waals surface area contributed by atoms with E-state index in [9.17, 15) is 4.79 Å². The Morgan fingerprint density at radius 1 is 1.35 bits per heavy atom. The van der Waals surface area contributed by atoms with E-state index in [2.05, 4.69) is 25.9 Å². The number of carbonyl (C=O) groups is 1. The number of carbonyl (C=O) groups excluding carboxylic acids is 1. The number of aromatic nitrogens is 2. The first-order chi connectivity index (χ1) is 12.4. The molecular weight excluding hydrogens is 422 g/mol. The standard InChI is InChI=1S/C17H21BrClN5O2/c1-11-16(19)17(20)24(21-11)10-15(25)23-7-5-22(6-8-23)12-3-4-13(18)14(9-12)26-2/h3-4,9H,5-8,10,20H2,1-2H3. The number of hydrogen-bond donors (Lipinski definition) is 1. The molecule has 26 heavy (non-hydrogen) atoms. The first-order valence-electron chi connectivity index (χ1n) is 8.25. The average molecular weight is 443 g/mol. The highest BCUT2D eigenvalue weighted by atomic mass is 79.9. The molecule has 0 atom stereocenters. The van der Waals surface area contributed by atoms with Crippen molar-refractivity contribution in [1.29, 1.82) is 0 Å². The van der Waals surface area contributed by atoms with Crippen molar-refractivity contribution in [2.75, 3.05) is 43.9 Å². The Morgan fingerprint density at radius 3 is 2.62 bits per heavy atom. The second kappa shape index (κ2) is 7.75. The second-order valence-electron chi connectivity index (χ2n) is 6.13. The van der Waals surface area contributed by atoms with E-state index in [4.69, 9.17) is 22.1 Å². The number of aryl methyl sites for hydroxylation is 1. The van der Waals surface area contributed by atoms with Crippen LogP contribution in [-0.2, 0) is 11.3 Å². The van der Waals surface area contributed by atoms with Gasteiger partial charge >= 0.3 is 0 Å². The molecular formula is C17H21BrClN5O2. The van der Waals surface area contributed by atoms with Crippen molar-refractivity contribution < 1.29 is 9.53 Å². The highest BCUT2D eigenvalue weighted by Gasteiger charge is 2.23. The molecule has 1 aliphatic rings. The van der Waals surface area contributed by atoms with Gasteiger partial charge in [-0.3, -0.25) is 4.79 Å². The largest absolute Gasteiger partial charge is 0.495 e. The third-order valence-electron chi connectivity index (χ3n) is 4.51. The number of anilines is 2. The molecule has 9 heteroatoms. The number of piperazine rings is 1. The number of nitrogens with zero attached hydrogens (tertiary/aromatic N) is 4. The van der Waals surface area contributed by atoms with Crippen LogP contribution >= 0.6 is 27.5 Å². The van der Waals surface area contributed by atoms with Gasteiger partial charge in [0.25, 0.3) is 0 Å². The maximum atomic E-state index is 12.6. The van der Waals surface area contributed by atoms with Crippen LogP contribution in [0.15, 0.2) is 22.7 Å². The van der Waals surface area contributed by atoms with Gasteiger partial charge in [-0.15, -0.1) is 0 Å². The van der Waals surface area contributed by atoms with Gasteiger partial charge in [0.05, 0.1) is 17.3 Å². The number of hydrogen-bond acceptors (Lipinski definition) is 5. The monoisotopic (exact) mass is 441 g/mol. The van der Waals surface area contributed by atoms with E-state index in [1.54, 1.807) is 14.0 Å². The fraction of sp³-hybridized carbons (Fsp3) is 0.412. The summed E-state index contributed by atoms with van der Waals surface area (Å²) in [5, 5.41) is 4.63. The van der Waals surface area contributed by atoms with Crippen molar-refractivity contribution in [3.8, 4) is 5.75 Å². The summed E-state index contributed by atoms with van der Waals surface area (Å²) in [6.45, 7) is 4.67. The Hall–Kier alpha value is -1.93. The highest BCUT2D eigenvalue weighted by Crippen LogP contribution is 2.30. The van der Waals surface area contributed by atoms with Crippen LogP contribution in [0.1, 0.15) is 5.69 Å². The van der Waals surface area contributed by atoms with E-state index in [0.29, 0.717) is 29.6 Å². The van der Waals surface area contributed by atoms with Crippen molar-refractivity contribution in [3.05, 3.63) is 33.4 Å². The minimum absolute atomic E-state index is 0.0103. The molecule has 0 radical (unpaired) electrons. The van der Waals surface area contributed by atoms with Gasteiger partial charge in [0, 0.05) is 37.9 Å². The normalized spacial score (nSPS) is 14.6. The van der Waals surface area contributed by atoms with Crippen LogP contribution in [0, 0.1) is 6.92 Å². The number of halogens is 2. The van der Waals surface area contributed by atoms with Crippen molar-refractivity contribution >= 4 is 44.9 Å². The van der Waals surface area contributed by atoms with Crippen LogP contribution in [0.3, 0.4) is 0 Å². The molecule has 2 heterocycles. The second-order valence-corrected chi connectivity index (χ2v) is 7.36. The first kappa shape index (κ1) is 18.8. The van der Waals surface area contributed by atoms with Crippen molar-refractivity contribution in [1.82, 2.24) is 14.7 Å². The molecule has 1 aromatic carbocycles. The van der Waals surface area contributed by atoms with Crippen molar-refractivity contribution in [2.24, 2.45) is 0 Å². The first-order valence-corrected chi connectivity index (χ1v) is 9.42. The lowest BCUT2D eigenvalue weighted by atomic mass is 10.2. The number of amides is 1. The number of benzene rings is 1. The summed E-state index contributed by atoms with van der Waals surface area (Å²) in [5.74, 6) is 1.12. The van der Waals surface area contributed by atoms with Crippen LogP contribution in [0.2, 0.25) is 5.02 Å². The topological polar surface area (TPSA) is 76.6 Å². The predicted molar refractivity (Wildman–Crippen MR) is 106 cm³/mol. The summed E-state index contributed by atoms with van der Waals surface area (Å²) in [7, 11) is 1.65. The van der Waals surface area contributed by atoms with Gasteiger partial charge in [-0.2, -0.15) is 5.10 Å². The van der Waals surface area contributed by atoms with Crippen LogP contribution in [0.25, 0.3) is 0 Å². The zero-order valence-corrected chi connectivity index (χ0v) is 17.0. The average Bonchev–Trinajstić information content (AvgIpc) is 2.89. The fourth-order valence-corrected chi connectivity index (χ4v) is 3.53. The third kappa shape index (κ3) is 3.76. The van der Waals surface area contributed by atoms with Gasteiger partial charge in [-0.25, -0.2) is 4.68 Å². The number of methoxy groups -OCH3 is 1. The number of nitrogen functional groups attached to an aromatic ring is 1. The maximum absolute atomic E-state index is 12.6. The van der Waals surface area contributed by atoms with Gasteiger partial charge < -0.3 is 20.3 Å². The Morgan fingerprint density at radius 2 is 2.04 bits per heavy atom. The smallest absolute Gasteiger partial charge is 0.244 e. The van der Waals surface area contributed by atoms with Gasteiger partial charge in [0.1, 0.15) is 23.1 Å².